The van der Waals surface area contributed by atoms with E-state index >= 15 is 0 Å². The van der Waals surface area contributed by atoms with Gasteiger partial charge in [0, 0.05) is 11.1 Å². The number of benzene rings is 1. The van der Waals surface area contributed by atoms with E-state index in [4.69, 9.17) is 0 Å². The highest BCUT2D eigenvalue weighted by Crippen LogP contribution is 2.21. The van der Waals surface area contributed by atoms with Gasteiger partial charge in [0.2, 0.25) is 0 Å². The number of phenols is 1. The van der Waals surface area contributed by atoms with E-state index < -0.39 is 0 Å². The first kappa shape index (κ1) is 10.9. The number of hydrogen-bond acceptors (Lipinski definition) is 3. The van der Waals surface area contributed by atoms with Crippen LogP contribution in [-0.2, 0) is 0 Å². The first-order chi connectivity index (χ1) is 6.79. The minimum atomic E-state index is 0.130. The quantitative estimate of drug-likeness (QED) is 0.589. The van der Waals surface area contributed by atoms with Gasteiger partial charge in [-0.2, -0.15) is 12.6 Å². The average molecular weight is 208 g/mol. The molecule has 0 saturated heterocycles. The van der Waals surface area contributed by atoms with Crippen LogP contribution in [0.25, 0.3) is 6.08 Å². The van der Waals surface area contributed by atoms with E-state index in [2.05, 4.69) is 12.6 Å². The molecule has 0 saturated carbocycles. The summed E-state index contributed by atoms with van der Waals surface area (Å²) in [6.45, 7) is 0. The lowest BCUT2D eigenvalue weighted by atomic mass is 10.1. The van der Waals surface area contributed by atoms with Crippen molar-refractivity contribution >= 4 is 25.0 Å². The van der Waals surface area contributed by atoms with Gasteiger partial charge in [-0.25, -0.2) is 0 Å². The Morgan fingerprint density at radius 3 is 2.86 bits per heavy atom. The SMILES string of the molecule is O=Cc1cccc(O)c1C=CCCS. The van der Waals surface area contributed by atoms with Crippen LogP contribution in [0.15, 0.2) is 24.3 Å². The van der Waals surface area contributed by atoms with E-state index in [1.807, 2.05) is 6.08 Å². The Morgan fingerprint density at radius 1 is 1.43 bits per heavy atom. The van der Waals surface area contributed by atoms with Gasteiger partial charge in [0.15, 0.2) is 6.29 Å². The summed E-state index contributed by atoms with van der Waals surface area (Å²) in [6, 6.07) is 4.88. The van der Waals surface area contributed by atoms with Gasteiger partial charge in [0.1, 0.15) is 5.75 Å². The van der Waals surface area contributed by atoms with E-state index in [9.17, 15) is 9.90 Å². The zero-order chi connectivity index (χ0) is 10.4. The van der Waals surface area contributed by atoms with Gasteiger partial charge in [-0.3, -0.25) is 4.79 Å². The number of carbonyl (C=O) groups is 1. The third-order valence-corrected chi connectivity index (χ3v) is 2.08. The molecule has 1 rings (SSSR count). The number of aromatic hydroxyl groups is 1. The van der Waals surface area contributed by atoms with E-state index in [1.165, 1.54) is 0 Å². The zero-order valence-electron chi connectivity index (χ0n) is 7.68. The van der Waals surface area contributed by atoms with Crippen LogP contribution in [0.3, 0.4) is 0 Å². The van der Waals surface area contributed by atoms with Crippen LogP contribution in [0.2, 0.25) is 0 Å². The molecule has 0 aliphatic carbocycles. The molecule has 3 heteroatoms. The molecule has 1 N–H and O–H groups in total. The van der Waals surface area contributed by atoms with Crippen molar-refractivity contribution in [2.24, 2.45) is 0 Å². The molecule has 0 bridgehead atoms. The van der Waals surface area contributed by atoms with Crippen LogP contribution in [0.5, 0.6) is 5.75 Å². The summed E-state index contributed by atoms with van der Waals surface area (Å²) in [7, 11) is 0. The van der Waals surface area contributed by atoms with Gasteiger partial charge < -0.3 is 5.11 Å². The molecule has 0 aliphatic rings. The average Bonchev–Trinajstić information content (AvgIpc) is 2.20. The van der Waals surface area contributed by atoms with Gasteiger partial charge >= 0.3 is 0 Å². The third kappa shape index (κ3) is 2.64. The lowest BCUT2D eigenvalue weighted by Gasteiger charge is -2.01. The summed E-state index contributed by atoms with van der Waals surface area (Å²) in [4.78, 5) is 10.7. The maximum Gasteiger partial charge on any atom is 0.150 e. The highest BCUT2D eigenvalue weighted by Gasteiger charge is 2.02. The van der Waals surface area contributed by atoms with Crippen molar-refractivity contribution in [3.8, 4) is 5.75 Å². The summed E-state index contributed by atoms with van der Waals surface area (Å²) in [6.07, 6.45) is 5.18. The molecule has 0 aromatic heterocycles. The molecule has 0 fully saturated rings. The van der Waals surface area contributed by atoms with Crippen LogP contribution in [0, 0.1) is 0 Å². The predicted octanol–water partition coefficient (Wildman–Crippen LogP) is 2.54. The van der Waals surface area contributed by atoms with Crippen LogP contribution >= 0.6 is 12.6 Å². The number of hydrogen-bond donors (Lipinski definition) is 2. The van der Waals surface area contributed by atoms with Crippen molar-refractivity contribution in [2.75, 3.05) is 5.75 Å². The summed E-state index contributed by atoms with van der Waals surface area (Å²) in [5, 5.41) is 9.49. The Morgan fingerprint density at radius 2 is 2.21 bits per heavy atom. The molecule has 1 aromatic carbocycles. The second-order valence-corrected chi connectivity index (χ2v) is 3.26. The van der Waals surface area contributed by atoms with E-state index in [1.54, 1.807) is 24.3 Å². The Bertz CT molecular complexity index is 345. The van der Waals surface area contributed by atoms with Crippen molar-refractivity contribution in [1.82, 2.24) is 0 Å². The molecule has 0 atom stereocenters. The summed E-state index contributed by atoms with van der Waals surface area (Å²) in [5.74, 6) is 0.880. The number of thiol groups is 1. The van der Waals surface area contributed by atoms with Crippen LogP contribution < -0.4 is 0 Å². The van der Waals surface area contributed by atoms with Crippen LogP contribution in [-0.4, -0.2) is 17.1 Å². The minimum Gasteiger partial charge on any atom is -0.507 e. The lowest BCUT2D eigenvalue weighted by Crippen LogP contribution is -1.86. The van der Waals surface area contributed by atoms with E-state index in [0.29, 0.717) is 11.1 Å². The minimum absolute atomic E-state index is 0.130. The van der Waals surface area contributed by atoms with Gasteiger partial charge in [-0.1, -0.05) is 24.3 Å². The normalized spacial score (nSPS) is 10.6. The van der Waals surface area contributed by atoms with Crippen molar-refractivity contribution in [3.63, 3.8) is 0 Å². The first-order valence-corrected chi connectivity index (χ1v) is 4.97. The molecule has 2 nitrogen and oxygen atoms in total. The molecule has 0 spiro atoms. The number of allylic oxidation sites excluding steroid dienone is 1. The molecule has 14 heavy (non-hydrogen) atoms. The molecule has 74 valence electrons. The molecular formula is C11H12O2S. The monoisotopic (exact) mass is 208 g/mol. The van der Waals surface area contributed by atoms with Gasteiger partial charge in [-0.15, -0.1) is 0 Å². The fourth-order valence-corrected chi connectivity index (χ4v) is 1.28. The Kier molecular flexibility index (Phi) is 4.26. The molecule has 0 amide bonds. The number of phenolic OH excluding ortho intramolecular Hbond substituents is 1. The van der Waals surface area contributed by atoms with Crippen molar-refractivity contribution in [3.05, 3.63) is 35.4 Å². The fraction of sp³-hybridized carbons (Fsp3) is 0.182. The van der Waals surface area contributed by atoms with Crippen molar-refractivity contribution in [1.29, 1.82) is 0 Å². The molecule has 0 unspecified atom stereocenters. The fourth-order valence-electron chi connectivity index (χ4n) is 1.13. The maximum absolute atomic E-state index is 10.7. The second-order valence-electron chi connectivity index (χ2n) is 2.81. The van der Waals surface area contributed by atoms with Crippen LogP contribution in [0.4, 0.5) is 0 Å². The van der Waals surface area contributed by atoms with E-state index in [-0.39, 0.29) is 5.75 Å². The van der Waals surface area contributed by atoms with Crippen molar-refractivity contribution < 1.29 is 9.90 Å². The second kappa shape index (κ2) is 5.50. The smallest absolute Gasteiger partial charge is 0.150 e. The molecule has 0 radical (unpaired) electrons. The Balaban J connectivity index is 2.98. The third-order valence-electron chi connectivity index (χ3n) is 1.82. The number of carbonyl (C=O) groups excluding carboxylic acids is 1. The predicted molar refractivity (Wildman–Crippen MR) is 61.0 cm³/mol. The number of rotatable bonds is 4. The summed E-state index contributed by atoms with van der Waals surface area (Å²) < 4.78 is 0. The summed E-state index contributed by atoms with van der Waals surface area (Å²) >= 11 is 4.06. The Hall–Kier alpha value is -1.22. The molecule has 0 aliphatic heterocycles. The van der Waals surface area contributed by atoms with Gasteiger partial charge in [0.25, 0.3) is 0 Å². The van der Waals surface area contributed by atoms with Crippen molar-refractivity contribution in [2.45, 2.75) is 6.42 Å². The lowest BCUT2D eigenvalue weighted by molar-refractivity contribution is 0.112. The summed E-state index contributed by atoms with van der Waals surface area (Å²) in [5.41, 5.74) is 1.07. The van der Waals surface area contributed by atoms with E-state index in [0.717, 1.165) is 18.5 Å². The first-order valence-electron chi connectivity index (χ1n) is 4.34. The molecule has 1 aromatic rings. The highest BCUT2D eigenvalue weighted by molar-refractivity contribution is 7.80. The topological polar surface area (TPSA) is 37.3 Å². The maximum atomic E-state index is 10.7. The highest BCUT2D eigenvalue weighted by atomic mass is 32.1. The number of aldehydes is 1. The van der Waals surface area contributed by atoms with Gasteiger partial charge in [0.05, 0.1) is 0 Å². The van der Waals surface area contributed by atoms with Crippen LogP contribution in [0.1, 0.15) is 22.3 Å². The Labute approximate surface area is 88.7 Å². The van der Waals surface area contributed by atoms with Gasteiger partial charge in [-0.05, 0) is 18.2 Å². The zero-order valence-corrected chi connectivity index (χ0v) is 8.58. The standard InChI is InChI=1S/C11H12O2S/c12-8-9-4-3-6-11(13)10(9)5-1-2-7-14/h1,3-6,8,13-14H,2,7H2. The molecular weight excluding hydrogens is 196 g/mol. The molecule has 0 heterocycles. The largest absolute Gasteiger partial charge is 0.507 e.